The number of primary amides is 1. The van der Waals surface area contributed by atoms with Gasteiger partial charge in [-0.1, -0.05) is 16.8 Å². The predicted molar refractivity (Wildman–Crippen MR) is 104 cm³/mol. The Kier molecular flexibility index (Phi) is 5.93. The number of rotatable bonds is 6. The first-order valence-corrected chi connectivity index (χ1v) is 9.56. The maximum Gasteiger partial charge on any atom is 0.276 e. The number of piperidine rings is 1. The second kappa shape index (κ2) is 8.22. The van der Waals surface area contributed by atoms with Gasteiger partial charge in [-0.3, -0.25) is 9.59 Å². The minimum absolute atomic E-state index is 0.140. The van der Waals surface area contributed by atoms with Gasteiger partial charge < -0.3 is 19.9 Å². The maximum absolute atomic E-state index is 12.8. The van der Waals surface area contributed by atoms with Crippen molar-refractivity contribution in [1.29, 1.82) is 0 Å². The molecule has 1 aromatic carbocycles. The van der Waals surface area contributed by atoms with Crippen LogP contribution in [0.3, 0.4) is 0 Å². The van der Waals surface area contributed by atoms with Crippen LogP contribution >= 0.6 is 11.6 Å². The van der Waals surface area contributed by atoms with Gasteiger partial charge in [-0.25, -0.2) is 0 Å². The van der Waals surface area contributed by atoms with Crippen molar-refractivity contribution in [2.75, 3.05) is 19.7 Å². The number of carbonyl (C=O) groups is 2. The summed E-state index contributed by atoms with van der Waals surface area (Å²) in [5, 5.41) is 4.47. The van der Waals surface area contributed by atoms with Crippen LogP contribution in [0.25, 0.3) is 0 Å². The molecule has 2 amide bonds. The van der Waals surface area contributed by atoms with Crippen LogP contribution in [-0.4, -0.2) is 41.6 Å². The quantitative estimate of drug-likeness (QED) is 0.796. The molecule has 0 bridgehead atoms. The lowest BCUT2D eigenvalue weighted by molar-refractivity contribution is -0.122. The molecule has 7 nitrogen and oxygen atoms in total. The first-order chi connectivity index (χ1) is 13.3. The first-order valence-electron chi connectivity index (χ1n) is 9.18. The summed E-state index contributed by atoms with van der Waals surface area (Å²) in [7, 11) is 0. The highest BCUT2D eigenvalue weighted by Gasteiger charge is 2.40. The van der Waals surface area contributed by atoms with Crippen molar-refractivity contribution >= 4 is 23.4 Å². The average Bonchev–Trinajstić information content (AvgIpc) is 3.08. The molecule has 8 heteroatoms. The van der Waals surface area contributed by atoms with Gasteiger partial charge in [0.25, 0.3) is 5.91 Å². The Balaban J connectivity index is 1.76. The molecule has 0 spiro atoms. The molecule has 1 aliphatic rings. The molecule has 0 unspecified atom stereocenters. The first kappa shape index (κ1) is 20.2. The molecule has 1 saturated heterocycles. The molecule has 0 aliphatic carbocycles. The van der Waals surface area contributed by atoms with Crippen molar-refractivity contribution < 1.29 is 18.8 Å². The molecule has 0 saturated carbocycles. The van der Waals surface area contributed by atoms with Gasteiger partial charge in [0, 0.05) is 36.0 Å². The van der Waals surface area contributed by atoms with Crippen molar-refractivity contribution in [3.63, 3.8) is 0 Å². The lowest BCUT2D eigenvalue weighted by Crippen LogP contribution is -2.50. The number of halogens is 1. The van der Waals surface area contributed by atoms with Crippen molar-refractivity contribution in [2.45, 2.75) is 33.1 Å². The van der Waals surface area contributed by atoms with Crippen LogP contribution in [-0.2, 0) is 4.79 Å². The Bertz CT molecular complexity index is 882. The summed E-state index contributed by atoms with van der Waals surface area (Å²) >= 11 is 6.07. The average molecular weight is 406 g/mol. The minimum atomic E-state index is -0.550. The number of hydrogen-bond donors (Lipinski definition) is 1. The van der Waals surface area contributed by atoms with Gasteiger partial charge in [-0.2, -0.15) is 0 Å². The molecule has 1 fully saturated rings. The number of ether oxygens (including phenoxy) is 1. The SMILES string of the molecule is Cc1cc(C(=O)N2CCC[C@@](COc3ccc(Cl)c(C)c3)(CC(N)=O)C2)no1. The van der Waals surface area contributed by atoms with Gasteiger partial charge in [0.05, 0.1) is 6.61 Å². The molecule has 1 aliphatic heterocycles. The fraction of sp³-hybridized carbons (Fsp3) is 0.450. The number of nitrogens with zero attached hydrogens (tertiary/aromatic N) is 2. The highest BCUT2D eigenvalue weighted by atomic mass is 35.5. The van der Waals surface area contributed by atoms with Crippen LogP contribution < -0.4 is 10.5 Å². The third kappa shape index (κ3) is 4.65. The van der Waals surface area contributed by atoms with Gasteiger partial charge in [0.15, 0.2) is 5.69 Å². The number of hydrogen-bond acceptors (Lipinski definition) is 5. The molecule has 28 heavy (non-hydrogen) atoms. The smallest absolute Gasteiger partial charge is 0.276 e. The highest BCUT2D eigenvalue weighted by Crippen LogP contribution is 2.35. The van der Waals surface area contributed by atoms with Gasteiger partial charge in [-0.15, -0.1) is 0 Å². The summed E-state index contributed by atoms with van der Waals surface area (Å²) in [4.78, 5) is 26.2. The lowest BCUT2D eigenvalue weighted by Gasteiger charge is -2.41. The van der Waals surface area contributed by atoms with E-state index < -0.39 is 11.3 Å². The number of nitrogens with two attached hydrogens (primary N) is 1. The lowest BCUT2D eigenvalue weighted by atomic mass is 9.77. The van der Waals surface area contributed by atoms with E-state index in [-0.39, 0.29) is 24.6 Å². The van der Waals surface area contributed by atoms with Crippen molar-refractivity contribution in [1.82, 2.24) is 10.1 Å². The Morgan fingerprint density at radius 2 is 2.14 bits per heavy atom. The largest absolute Gasteiger partial charge is 0.493 e. The molecule has 1 atom stereocenters. The Morgan fingerprint density at radius 1 is 1.36 bits per heavy atom. The van der Waals surface area contributed by atoms with E-state index in [4.69, 9.17) is 26.6 Å². The van der Waals surface area contributed by atoms with Crippen molar-refractivity contribution in [2.24, 2.45) is 11.1 Å². The molecule has 2 aromatic rings. The number of amides is 2. The summed E-state index contributed by atoms with van der Waals surface area (Å²) in [5.74, 6) is 0.613. The number of aromatic nitrogens is 1. The van der Waals surface area contributed by atoms with Crippen LogP contribution in [0.2, 0.25) is 5.02 Å². The summed E-state index contributed by atoms with van der Waals surface area (Å²) in [6, 6.07) is 7.03. The molecule has 2 N–H and O–H groups in total. The zero-order valence-corrected chi connectivity index (χ0v) is 16.8. The van der Waals surface area contributed by atoms with Gasteiger partial charge >= 0.3 is 0 Å². The molecule has 1 aromatic heterocycles. The molecule has 2 heterocycles. The molecule has 0 radical (unpaired) electrons. The number of benzene rings is 1. The van der Waals surface area contributed by atoms with E-state index in [0.29, 0.717) is 29.6 Å². The zero-order chi connectivity index (χ0) is 20.3. The number of aryl methyl sites for hydroxylation is 2. The Labute approximate surface area is 168 Å². The number of carbonyl (C=O) groups excluding carboxylic acids is 2. The fourth-order valence-electron chi connectivity index (χ4n) is 3.64. The Hall–Kier alpha value is -2.54. The van der Waals surface area contributed by atoms with E-state index in [0.717, 1.165) is 18.4 Å². The normalized spacial score (nSPS) is 19.5. The topological polar surface area (TPSA) is 98.7 Å². The van der Waals surface area contributed by atoms with Crippen molar-refractivity contribution in [3.8, 4) is 5.75 Å². The standard InChI is InChI=1S/C20H24ClN3O4/c1-13-8-15(4-5-16(13)21)27-12-20(10-18(22)25)6-3-7-24(11-20)19(26)17-9-14(2)28-23-17/h4-5,8-9H,3,6-7,10-12H2,1-2H3,(H2,22,25)/t20-/m1/s1. The van der Waals surface area contributed by atoms with Gasteiger partial charge in [0.2, 0.25) is 5.91 Å². The second-order valence-electron chi connectivity index (χ2n) is 7.50. The van der Waals surface area contributed by atoms with E-state index in [9.17, 15) is 9.59 Å². The number of likely N-dealkylation sites (tertiary alicyclic amines) is 1. The molecular formula is C20H24ClN3O4. The monoisotopic (exact) mass is 405 g/mol. The highest BCUT2D eigenvalue weighted by molar-refractivity contribution is 6.31. The summed E-state index contributed by atoms with van der Waals surface area (Å²) in [5.41, 5.74) is 6.14. The second-order valence-corrected chi connectivity index (χ2v) is 7.90. The van der Waals surface area contributed by atoms with Crippen molar-refractivity contribution in [3.05, 3.63) is 46.3 Å². The van der Waals surface area contributed by atoms with Crippen LogP contribution in [0.15, 0.2) is 28.8 Å². The summed E-state index contributed by atoms with van der Waals surface area (Å²) in [6.45, 7) is 4.87. The van der Waals surface area contributed by atoms with Crippen LogP contribution in [0, 0.1) is 19.3 Å². The van der Waals surface area contributed by atoms with E-state index in [1.54, 1.807) is 30.0 Å². The summed E-state index contributed by atoms with van der Waals surface area (Å²) < 4.78 is 11.0. The fourth-order valence-corrected chi connectivity index (χ4v) is 3.75. The summed E-state index contributed by atoms with van der Waals surface area (Å²) in [6.07, 6.45) is 1.63. The van der Waals surface area contributed by atoms with Crippen LogP contribution in [0.4, 0.5) is 0 Å². The van der Waals surface area contributed by atoms with E-state index in [1.165, 1.54) is 0 Å². The van der Waals surface area contributed by atoms with Crippen LogP contribution in [0.1, 0.15) is 41.1 Å². The maximum atomic E-state index is 12.8. The third-order valence-electron chi connectivity index (χ3n) is 5.02. The van der Waals surface area contributed by atoms with Crippen LogP contribution in [0.5, 0.6) is 5.75 Å². The predicted octanol–water partition coefficient (Wildman–Crippen LogP) is 3.12. The van der Waals surface area contributed by atoms with Gasteiger partial charge in [-0.05, 0) is 50.5 Å². The van der Waals surface area contributed by atoms with E-state index in [2.05, 4.69) is 5.16 Å². The molecular weight excluding hydrogens is 382 g/mol. The third-order valence-corrected chi connectivity index (χ3v) is 5.44. The Morgan fingerprint density at radius 3 is 2.79 bits per heavy atom. The molecule has 3 rings (SSSR count). The van der Waals surface area contributed by atoms with E-state index >= 15 is 0 Å². The minimum Gasteiger partial charge on any atom is -0.493 e. The van der Waals surface area contributed by atoms with Gasteiger partial charge in [0.1, 0.15) is 11.5 Å². The molecule has 150 valence electrons. The van der Waals surface area contributed by atoms with E-state index in [1.807, 2.05) is 13.0 Å². The zero-order valence-electron chi connectivity index (χ0n) is 16.0.